The average Bonchev–Trinajstić information content (AvgIpc) is 0.828. The molecule has 4 aliphatic rings. The first kappa shape index (κ1) is 82.6. The number of phosphoric acid groups is 1. The van der Waals surface area contributed by atoms with E-state index in [0.29, 0.717) is 0 Å². The Balaban J connectivity index is 1.37. The lowest BCUT2D eigenvalue weighted by Crippen LogP contribution is -2.64. The van der Waals surface area contributed by atoms with Gasteiger partial charge in [-0.25, -0.2) is 0 Å². The minimum absolute atomic E-state index is 0.0389. The molecule has 0 spiro atoms. The van der Waals surface area contributed by atoms with E-state index in [1.807, 2.05) is 0 Å². The molecule has 3 heterocycles. The number of phosphoric ester groups is 1. The predicted octanol–water partition coefficient (Wildman–Crippen LogP) is -8.74. The highest BCUT2D eigenvalue weighted by molar-refractivity contribution is 7.45. The lowest BCUT2D eigenvalue weighted by molar-refractivity contribution is -0.272. The van der Waals surface area contributed by atoms with E-state index in [1.165, 1.54) is 34.6 Å². The van der Waals surface area contributed by atoms with E-state index >= 15 is 0 Å². The van der Waals surface area contributed by atoms with Crippen molar-refractivity contribution in [2.75, 3.05) is 98.9 Å². The second-order valence-corrected chi connectivity index (χ2v) is 24.4. The van der Waals surface area contributed by atoms with Crippen LogP contribution in [0.15, 0.2) is 0 Å². The summed E-state index contributed by atoms with van der Waals surface area (Å²) in [5.41, 5.74) is 0. The van der Waals surface area contributed by atoms with Crippen molar-refractivity contribution in [1.82, 2.24) is 42.5 Å². The number of nitrogens with one attached hydrogen (secondary N) is 8. The van der Waals surface area contributed by atoms with Crippen LogP contribution in [0, 0.1) is 5.92 Å². The monoisotopic (exact) mass is 1390 g/mol. The molecule has 0 radical (unpaired) electrons. The zero-order valence-electron chi connectivity index (χ0n) is 53.9. The number of hydrogen-bond acceptors (Lipinski definition) is 30. The Bertz CT molecular complexity index is 2420. The average molecular weight is 1390 g/mol. The maximum absolute atomic E-state index is 13.8. The smallest absolute Gasteiger partial charge is 0.268 e. The van der Waals surface area contributed by atoms with Gasteiger partial charge in [-0.3, -0.25) is 42.9 Å². The van der Waals surface area contributed by atoms with E-state index in [9.17, 15) is 93.8 Å². The largest absolute Gasteiger partial charge is 0.756 e. The zero-order valence-corrected chi connectivity index (χ0v) is 54.8. The normalized spacial score (nSPS) is 29.8. The van der Waals surface area contributed by atoms with Gasteiger partial charge in [0, 0.05) is 59.2 Å². The molecule has 38 nitrogen and oxygen atoms in total. The van der Waals surface area contributed by atoms with Gasteiger partial charge in [0.15, 0.2) is 18.9 Å². The quantitative estimate of drug-likeness (QED) is 0.0199. The van der Waals surface area contributed by atoms with Crippen molar-refractivity contribution >= 4 is 55.1 Å². The summed E-state index contributed by atoms with van der Waals surface area (Å²) >= 11 is 0. The van der Waals surface area contributed by atoms with Crippen LogP contribution >= 0.6 is 7.82 Å². The predicted molar refractivity (Wildman–Crippen MR) is 318 cm³/mol. The molecule has 3 saturated heterocycles. The minimum atomic E-state index is -4.65. The molecule has 1 aliphatic carbocycles. The molecule has 0 aromatic heterocycles. The Hall–Kier alpha value is -4.85. The minimum Gasteiger partial charge on any atom is -0.756 e. The summed E-state index contributed by atoms with van der Waals surface area (Å²) in [6, 6.07) is -6.33. The van der Waals surface area contributed by atoms with Crippen LogP contribution in [0.4, 0.5) is 0 Å². The molecule has 548 valence electrons. The van der Waals surface area contributed by atoms with E-state index < -0.39 is 203 Å². The van der Waals surface area contributed by atoms with Crippen LogP contribution in [-0.4, -0.2) is 308 Å². The summed E-state index contributed by atoms with van der Waals surface area (Å²) in [5.74, 6) is -5.83. The Morgan fingerprint density at radius 2 is 0.853 bits per heavy atom. The van der Waals surface area contributed by atoms with Crippen molar-refractivity contribution in [3.05, 3.63) is 0 Å². The molecular weight excluding hydrogens is 1300 g/mol. The van der Waals surface area contributed by atoms with Crippen molar-refractivity contribution < 1.29 is 145 Å². The summed E-state index contributed by atoms with van der Waals surface area (Å²) in [6.07, 6.45) is -18.9. The number of aliphatic hydroxyl groups excluding tert-OH is 9. The van der Waals surface area contributed by atoms with Gasteiger partial charge in [0.1, 0.15) is 85.1 Å². The fourth-order valence-corrected chi connectivity index (χ4v) is 11.6. The molecule has 1 saturated carbocycles. The van der Waals surface area contributed by atoms with Gasteiger partial charge in [-0.1, -0.05) is 0 Å². The van der Waals surface area contributed by atoms with Gasteiger partial charge in [0.25, 0.3) is 7.82 Å². The summed E-state index contributed by atoms with van der Waals surface area (Å²) in [5, 5.41) is 112. The number of aliphatic hydroxyl groups is 9. The molecule has 4 rings (SSSR count). The summed E-state index contributed by atoms with van der Waals surface area (Å²) in [6.45, 7) is 3.14. The highest BCUT2D eigenvalue weighted by atomic mass is 31.2. The molecule has 39 heteroatoms. The number of carbonyl (C=O) groups is 8. The lowest BCUT2D eigenvalue weighted by atomic mass is 9.86. The third kappa shape index (κ3) is 28.9. The Kier molecular flexibility index (Phi) is 37.2. The maximum atomic E-state index is 13.8. The maximum Gasteiger partial charge on any atom is 0.268 e. The Labute approximate surface area is 548 Å². The number of amides is 8. The van der Waals surface area contributed by atoms with Crippen LogP contribution in [0.3, 0.4) is 0 Å². The van der Waals surface area contributed by atoms with Crippen LogP contribution in [0.5, 0.6) is 0 Å². The number of hydrogen-bond donors (Lipinski definition) is 17. The van der Waals surface area contributed by atoms with Crippen LogP contribution in [0.2, 0.25) is 0 Å². The van der Waals surface area contributed by atoms with E-state index in [2.05, 4.69) is 42.5 Å². The molecule has 0 aromatic rings. The van der Waals surface area contributed by atoms with Gasteiger partial charge in [0.2, 0.25) is 47.3 Å². The highest BCUT2D eigenvalue weighted by Gasteiger charge is 2.48. The molecule has 0 aromatic carbocycles. The summed E-state index contributed by atoms with van der Waals surface area (Å²) in [4.78, 5) is 116. The molecule has 18 atom stereocenters. The number of carbonyl (C=O) groups excluding carboxylic acids is 8. The van der Waals surface area contributed by atoms with E-state index in [0.717, 1.165) is 0 Å². The third-order valence-electron chi connectivity index (χ3n) is 15.2. The van der Waals surface area contributed by atoms with Gasteiger partial charge < -0.3 is 145 Å². The Morgan fingerprint density at radius 1 is 0.495 bits per heavy atom. The first-order valence-electron chi connectivity index (χ1n) is 31.5. The molecule has 4 fully saturated rings. The van der Waals surface area contributed by atoms with Gasteiger partial charge in [-0.2, -0.15) is 0 Å². The summed E-state index contributed by atoms with van der Waals surface area (Å²) < 4.78 is 72.7. The topological polar surface area (TPSA) is 557 Å². The van der Waals surface area contributed by atoms with Crippen LogP contribution in [-0.2, 0) is 94.6 Å². The van der Waals surface area contributed by atoms with Gasteiger partial charge in [0.05, 0.1) is 91.5 Å². The van der Waals surface area contributed by atoms with Gasteiger partial charge in [-0.15, -0.1) is 0 Å². The number of rotatable bonds is 42. The molecule has 95 heavy (non-hydrogen) atoms. The van der Waals surface area contributed by atoms with E-state index in [4.69, 9.17) is 51.7 Å². The van der Waals surface area contributed by atoms with Crippen LogP contribution in [0.25, 0.3) is 0 Å². The molecule has 3 aliphatic heterocycles. The Morgan fingerprint density at radius 3 is 1.21 bits per heavy atom. The van der Waals surface area contributed by atoms with Gasteiger partial charge >= 0.3 is 0 Å². The standard InChI is InChI=1S/C56H99N8O30P/c1-29(2)93-95(82,83)94-34-8-6-33(7-9-34)51(79)64-36(53(81)59-16-19-86-22-25-89-56-44(62-32(5)70)50(78)47(75)39(28-67)92-56)11-13-41(72)63-35(52(80)58-15-18-85-21-24-88-55-43(61-31(4)69)49(77)46(74)38(27-66)91-55)10-12-40(71)57-14-17-84-20-23-87-54-42(60-30(3)68)48(76)45(73)37(26-65)90-54/h29,33-39,42-50,54-56,65-67,73-78H,6-28H2,1-5H3,(H,57,71)(H,58,80)(H,59,81)(H,60,68)(H,61,69)(H,62,70)(H,63,72)(H,64,79)(H,82,83)/p-1/t33?,34?,35?,36?,37-,38-,39-,42-,43-,44-,45+,46+,47+,48-,49-,50-,54?,55?,56?/m1/s1. The molecule has 17 N–H and O–H groups in total. The highest BCUT2D eigenvalue weighted by Crippen LogP contribution is 2.44. The summed E-state index contributed by atoms with van der Waals surface area (Å²) in [7, 11) is -4.65. The van der Waals surface area contributed by atoms with Crippen molar-refractivity contribution in [3.63, 3.8) is 0 Å². The van der Waals surface area contributed by atoms with Crippen molar-refractivity contribution in [2.24, 2.45) is 5.92 Å². The third-order valence-corrected chi connectivity index (χ3v) is 16.4. The second kappa shape index (κ2) is 42.8. The van der Waals surface area contributed by atoms with Crippen molar-refractivity contribution in [3.8, 4) is 0 Å². The molecule has 8 amide bonds. The van der Waals surface area contributed by atoms with Crippen LogP contribution < -0.4 is 47.4 Å². The fraction of sp³-hybridized carbons (Fsp3) is 0.857. The van der Waals surface area contributed by atoms with Crippen LogP contribution in [0.1, 0.15) is 86.0 Å². The SMILES string of the molecule is CC(=O)N[C@H]1C(OCCOCCNC(=O)CCC(NC(=O)CCC(NC(=O)C2CCC(OP(=O)([O-])OC(C)C)CC2)C(=O)NCCOCCOC2O[C@H](CO)[C@H](O)[C@H](O)[C@H]2NC(C)=O)C(=O)NCCOCCOC2O[C@H](CO)[C@H](O)[C@H](O)[C@H]2NC(C)=O)O[C@H](CO)[C@H](O)[C@@H]1O. The lowest BCUT2D eigenvalue weighted by Gasteiger charge is -2.42. The number of ether oxygens (including phenoxy) is 9. The van der Waals surface area contributed by atoms with Crippen molar-refractivity contribution in [1.29, 1.82) is 0 Å². The van der Waals surface area contributed by atoms with E-state index in [1.54, 1.807) is 0 Å². The van der Waals surface area contributed by atoms with Gasteiger partial charge in [-0.05, 0) is 52.4 Å². The second-order valence-electron chi connectivity index (χ2n) is 23.1. The molecule has 0 bridgehead atoms. The first-order valence-corrected chi connectivity index (χ1v) is 32.9. The molecule has 6 unspecified atom stereocenters. The fourth-order valence-electron chi connectivity index (χ4n) is 10.4. The van der Waals surface area contributed by atoms with E-state index in [-0.39, 0.29) is 124 Å². The first-order chi connectivity index (χ1) is 45.1. The zero-order chi connectivity index (χ0) is 70.4. The van der Waals surface area contributed by atoms with Crippen molar-refractivity contribution in [2.45, 2.75) is 202 Å². The molecular formula is C56H98N8O30P-.